The molecule has 0 aliphatic heterocycles. The first kappa shape index (κ1) is 61.5. The molecule has 2 heteroatoms. The fourth-order valence-corrected chi connectivity index (χ4v) is 9.79. The van der Waals surface area contributed by atoms with Crippen molar-refractivity contribution in [1.82, 2.24) is 0 Å². The standard InChI is InChI=1S/C60H120O2/c1-3-5-7-9-11-13-15-17-19-21-23-25-27-29-31-32-34-36-38-40-42-44-46-48-50-52-54-56-58-60(61)62-59-57-55-53-51-49-47-45-43-41-39-37-35-33-30-28-26-24-22-20-18-16-14-12-10-8-6-4-2/h3-59H2,1-2H3. The van der Waals surface area contributed by atoms with Crippen LogP contribution in [0.4, 0.5) is 0 Å². The summed E-state index contributed by atoms with van der Waals surface area (Å²) in [6.07, 6.45) is 78.7. The zero-order valence-corrected chi connectivity index (χ0v) is 43.6. The normalized spacial score (nSPS) is 11.6. The van der Waals surface area contributed by atoms with Crippen LogP contribution in [0.25, 0.3) is 0 Å². The third-order valence-corrected chi connectivity index (χ3v) is 14.2. The summed E-state index contributed by atoms with van der Waals surface area (Å²) >= 11 is 0. The highest BCUT2D eigenvalue weighted by Gasteiger charge is 2.03. The molecule has 0 heterocycles. The molecule has 0 radical (unpaired) electrons. The van der Waals surface area contributed by atoms with Gasteiger partial charge in [0.05, 0.1) is 6.61 Å². The summed E-state index contributed by atoms with van der Waals surface area (Å²) in [5.74, 6) is 0.0367. The van der Waals surface area contributed by atoms with Crippen LogP contribution in [0.2, 0.25) is 0 Å². The van der Waals surface area contributed by atoms with Crippen LogP contribution in [-0.4, -0.2) is 12.6 Å². The van der Waals surface area contributed by atoms with Crippen LogP contribution in [0.15, 0.2) is 0 Å². The number of carbonyl (C=O) groups excluding carboxylic acids is 1. The van der Waals surface area contributed by atoms with E-state index in [0.717, 1.165) is 12.8 Å². The van der Waals surface area contributed by atoms with Gasteiger partial charge in [-0.25, -0.2) is 0 Å². The number of hydrogen-bond acceptors (Lipinski definition) is 2. The molecule has 372 valence electrons. The van der Waals surface area contributed by atoms with Gasteiger partial charge in [0.1, 0.15) is 0 Å². The number of ether oxygens (including phenoxy) is 1. The third kappa shape index (κ3) is 57.5. The van der Waals surface area contributed by atoms with Gasteiger partial charge in [-0.3, -0.25) is 4.79 Å². The average molecular weight is 874 g/mol. The van der Waals surface area contributed by atoms with Crippen LogP contribution in [0, 0.1) is 0 Å². The third-order valence-electron chi connectivity index (χ3n) is 14.2. The Hall–Kier alpha value is -0.530. The second-order valence-electron chi connectivity index (χ2n) is 20.7. The molecule has 0 saturated carbocycles. The minimum atomic E-state index is 0.0367. The van der Waals surface area contributed by atoms with Crippen molar-refractivity contribution in [2.24, 2.45) is 0 Å². The molecule has 0 unspecified atom stereocenters. The Labute approximate surface area is 394 Å². The Bertz CT molecular complexity index is 715. The first-order chi connectivity index (χ1) is 30.8. The molecule has 0 aromatic rings. The molecule has 0 N–H and O–H groups in total. The predicted molar refractivity (Wildman–Crippen MR) is 281 cm³/mol. The maximum atomic E-state index is 12.1. The van der Waals surface area contributed by atoms with Crippen LogP contribution in [-0.2, 0) is 9.53 Å². The van der Waals surface area contributed by atoms with Gasteiger partial charge < -0.3 is 4.74 Å². The van der Waals surface area contributed by atoms with Crippen molar-refractivity contribution >= 4 is 5.97 Å². The second kappa shape index (κ2) is 58.5. The number of hydrogen-bond donors (Lipinski definition) is 0. The Morgan fingerprint density at radius 1 is 0.210 bits per heavy atom. The van der Waals surface area contributed by atoms with Gasteiger partial charge in [-0.15, -0.1) is 0 Å². The Morgan fingerprint density at radius 3 is 0.532 bits per heavy atom. The molecular formula is C60H120O2. The van der Waals surface area contributed by atoms with Gasteiger partial charge >= 0.3 is 5.97 Å². The minimum absolute atomic E-state index is 0.0367. The molecule has 62 heavy (non-hydrogen) atoms. The van der Waals surface area contributed by atoms with Crippen LogP contribution < -0.4 is 0 Å². The molecule has 0 bridgehead atoms. The lowest BCUT2D eigenvalue weighted by Crippen LogP contribution is -2.05. The minimum Gasteiger partial charge on any atom is -0.466 e. The molecule has 0 spiro atoms. The molecule has 0 saturated heterocycles. The fourth-order valence-electron chi connectivity index (χ4n) is 9.79. The van der Waals surface area contributed by atoms with E-state index >= 15 is 0 Å². The molecular weight excluding hydrogens is 753 g/mol. The van der Waals surface area contributed by atoms with E-state index in [1.807, 2.05) is 0 Å². The van der Waals surface area contributed by atoms with E-state index in [0.29, 0.717) is 13.0 Å². The Kier molecular flexibility index (Phi) is 58.0. The number of rotatable bonds is 57. The van der Waals surface area contributed by atoms with Crippen molar-refractivity contribution in [2.75, 3.05) is 6.61 Å². The molecule has 2 nitrogen and oxygen atoms in total. The lowest BCUT2D eigenvalue weighted by Gasteiger charge is -2.06. The van der Waals surface area contributed by atoms with E-state index in [2.05, 4.69) is 13.8 Å². The molecule has 0 aliphatic rings. The summed E-state index contributed by atoms with van der Waals surface area (Å²) in [6, 6.07) is 0. The van der Waals surface area contributed by atoms with Gasteiger partial charge in [0.2, 0.25) is 0 Å². The number of esters is 1. The maximum absolute atomic E-state index is 12.1. The fraction of sp³-hybridized carbons (Fsp3) is 0.983. The van der Waals surface area contributed by atoms with Gasteiger partial charge in [-0.05, 0) is 12.8 Å². The van der Waals surface area contributed by atoms with Gasteiger partial charge in [-0.2, -0.15) is 0 Å². The van der Waals surface area contributed by atoms with Gasteiger partial charge in [0, 0.05) is 6.42 Å². The Balaban J connectivity index is 3.14. The average Bonchev–Trinajstić information content (AvgIpc) is 3.28. The van der Waals surface area contributed by atoms with Crippen LogP contribution in [0.5, 0.6) is 0 Å². The highest BCUT2D eigenvalue weighted by atomic mass is 16.5. The summed E-state index contributed by atoms with van der Waals surface area (Å²) in [5.41, 5.74) is 0. The van der Waals surface area contributed by atoms with Gasteiger partial charge in [0.15, 0.2) is 0 Å². The van der Waals surface area contributed by atoms with E-state index in [1.54, 1.807) is 0 Å². The summed E-state index contributed by atoms with van der Waals surface area (Å²) < 4.78 is 5.52. The molecule has 0 aromatic heterocycles. The molecule has 0 amide bonds. The number of unbranched alkanes of at least 4 members (excludes halogenated alkanes) is 53. The molecule has 0 atom stereocenters. The van der Waals surface area contributed by atoms with E-state index in [9.17, 15) is 4.79 Å². The van der Waals surface area contributed by atoms with Gasteiger partial charge in [0.25, 0.3) is 0 Å². The first-order valence-corrected chi connectivity index (χ1v) is 30.0. The molecule has 0 aliphatic carbocycles. The van der Waals surface area contributed by atoms with Crippen molar-refractivity contribution in [1.29, 1.82) is 0 Å². The summed E-state index contributed by atoms with van der Waals surface area (Å²) in [6.45, 7) is 5.25. The molecule has 0 aromatic carbocycles. The van der Waals surface area contributed by atoms with Gasteiger partial charge in [-0.1, -0.05) is 354 Å². The van der Waals surface area contributed by atoms with Crippen molar-refractivity contribution in [3.63, 3.8) is 0 Å². The van der Waals surface area contributed by atoms with Crippen molar-refractivity contribution < 1.29 is 9.53 Å². The maximum Gasteiger partial charge on any atom is 0.305 e. The van der Waals surface area contributed by atoms with Crippen molar-refractivity contribution in [2.45, 2.75) is 373 Å². The lowest BCUT2D eigenvalue weighted by atomic mass is 10.0. The van der Waals surface area contributed by atoms with E-state index in [1.165, 1.54) is 340 Å². The van der Waals surface area contributed by atoms with Crippen LogP contribution in [0.3, 0.4) is 0 Å². The van der Waals surface area contributed by atoms with Crippen molar-refractivity contribution in [3.05, 3.63) is 0 Å². The molecule has 0 fully saturated rings. The highest BCUT2D eigenvalue weighted by molar-refractivity contribution is 5.69. The van der Waals surface area contributed by atoms with Crippen LogP contribution in [0.1, 0.15) is 373 Å². The lowest BCUT2D eigenvalue weighted by molar-refractivity contribution is -0.143. The largest absolute Gasteiger partial charge is 0.466 e. The smallest absolute Gasteiger partial charge is 0.305 e. The predicted octanol–water partition coefficient (Wildman–Crippen LogP) is 22.4. The quantitative estimate of drug-likeness (QED) is 0.0450. The zero-order valence-electron chi connectivity index (χ0n) is 43.6. The van der Waals surface area contributed by atoms with Crippen LogP contribution >= 0.6 is 0 Å². The number of carbonyl (C=O) groups is 1. The monoisotopic (exact) mass is 873 g/mol. The second-order valence-corrected chi connectivity index (χ2v) is 20.7. The molecule has 0 rings (SSSR count). The summed E-state index contributed by atoms with van der Waals surface area (Å²) in [4.78, 5) is 12.1. The summed E-state index contributed by atoms with van der Waals surface area (Å²) in [7, 11) is 0. The summed E-state index contributed by atoms with van der Waals surface area (Å²) in [5, 5.41) is 0. The first-order valence-electron chi connectivity index (χ1n) is 30.0. The highest BCUT2D eigenvalue weighted by Crippen LogP contribution is 2.19. The SMILES string of the molecule is CCCCCCCCCCCCCCCCCCCCCCCCCCCCCCC(=O)OCCCCCCCCCCCCCCCCCCCCCCCCCCCCC. The van der Waals surface area contributed by atoms with E-state index < -0.39 is 0 Å². The van der Waals surface area contributed by atoms with E-state index in [-0.39, 0.29) is 5.97 Å². The van der Waals surface area contributed by atoms with Crippen molar-refractivity contribution in [3.8, 4) is 0 Å². The zero-order chi connectivity index (χ0) is 44.6. The topological polar surface area (TPSA) is 26.3 Å². The Morgan fingerprint density at radius 2 is 0.355 bits per heavy atom. The van der Waals surface area contributed by atoms with E-state index in [4.69, 9.17) is 4.74 Å².